The average Bonchev–Trinajstić information content (AvgIpc) is 2.99. The molecule has 0 aliphatic heterocycles. The van der Waals surface area contributed by atoms with Crippen molar-refractivity contribution in [1.82, 2.24) is 9.97 Å². The molecule has 146 valence electrons. The van der Waals surface area contributed by atoms with Gasteiger partial charge in [-0.3, -0.25) is 4.79 Å². The van der Waals surface area contributed by atoms with Crippen molar-refractivity contribution in [3.8, 4) is 0 Å². The first-order valence-electron chi connectivity index (χ1n) is 8.61. The number of imidazole rings is 1. The minimum absolute atomic E-state index is 0.0273. The molecular weight excluding hydrogens is 381 g/mol. The van der Waals surface area contributed by atoms with E-state index in [4.69, 9.17) is 5.73 Å². The predicted octanol–water partition coefficient (Wildman–Crippen LogP) is 3.49. The number of nitrogens with zero attached hydrogens (tertiary/aromatic N) is 1. The number of hydrogen-bond acceptors (Lipinski definition) is 5. The Morgan fingerprint density at radius 2 is 1.82 bits per heavy atom. The minimum atomic E-state index is -3.67. The molecule has 0 saturated carbocycles. The summed E-state index contributed by atoms with van der Waals surface area (Å²) in [5, 5.41) is -0.671. The van der Waals surface area contributed by atoms with Gasteiger partial charge in [-0.25, -0.2) is 17.8 Å². The number of ketones is 1. The second kappa shape index (κ2) is 7.20. The molecule has 3 rings (SSSR count). The molecule has 0 saturated heterocycles. The molecule has 28 heavy (non-hydrogen) atoms. The highest BCUT2D eigenvalue weighted by Crippen LogP contribution is 2.32. The summed E-state index contributed by atoms with van der Waals surface area (Å²) in [6, 6.07) is 8.79. The van der Waals surface area contributed by atoms with Crippen LogP contribution in [-0.4, -0.2) is 29.4 Å². The van der Waals surface area contributed by atoms with Crippen molar-refractivity contribution in [2.45, 2.75) is 30.9 Å². The fraction of sp³-hybridized carbons (Fsp3) is 0.200. The monoisotopic (exact) mass is 401 g/mol. The van der Waals surface area contributed by atoms with Crippen LogP contribution < -0.4 is 5.73 Å². The highest BCUT2D eigenvalue weighted by Gasteiger charge is 2.25. The number of aromatic nitrogens is 2. The molecule has 0 spiro atoms. The zero-order valence-electron chi connectivity index (χ0n) is 15.7. The Bertz CT molecular complexity index is 1190. The summed E-state index contributed by atoms with van der Waals surface area (Å²) in [6.07, 6.45) is 1.39. The zero-order valence-corrected chi connectivity index (χ0v) is 16.5. The van der Waals surface area contributed by atoms with Crippen molar-refractivity contribution < 1.29 is 17.6 Å². The predicted molar refractivity (Wildman–Crippen MR) is 107 cm³/mol. The summed E-state index contributed by atoms with van der Waals surface area (Å²) in [7, 11) is -3.67. The van der Waals surface area contributed by atoms with E-state index in [1.807, 2.05) is 0 Å². The van der Waals surface area contributed by atoms with Crippen LogP contribution in [0.5, 0.6) is 0 Å². The maximum Gasteiger partial charge on any atom is 0.198 e. The lowest BCUT2D eigenvalue weighted by atomic mass is 9.96. The van der Waals surface area contributed by atoms with E-state index in [2.05, 4.69) is 9.97 Å². The molecule has 0 unspecified atom stereocenters. The van der Waals surface area contributed by atoms with Crippen molar-refractivity contribution in [2.75, 3.05) is 5.73 Å². The molecule has 3 N–H and O–H groups in total. The first-order valence-corrected chi connectivity index (χ1v) is 10.2. The molecule has 0 aliphatic rings. The molecule has 0 aliphatic carbocycles. The van der Waals surface area contributed by atoms with Gasteiger partial charge < -0.3 is 10.7 Å². The van der Waals surface area contributed by atoms with E-state index in [-0.39, 0.29) is 22.1 Å². The first-order chi connectivity index (χ1) is 13.1. The highest BCUT2D eigenvalue weighted by atomic mass is 32.2. The standard InChI is InChI=1S/C20H20FN3O3S/c1-11(2)28(26,27)18-10-14(9-17-19(18)24-20(22)23-17)16(8-12(3)25)13-4-6-15(21)7-5-13/h4-11H,1-3H3,(H3,22,23,24). The number of rotatable bonds is 5. The maximum atomic E-state index is 13.3. The number of sulfone groups is 1. The Morgan fingerprint density at radius 1 is 1.18 bits per heavy atom. The van der Waals surface area contributed by atoms with Crippen molar-refractivity contribution in [2.24, 2.45) is 0 Å². The van der Waals surface area contributed by atoms with Crippen molar-refractivity contribution >= 4 is 38.2 Å². The second-order valence-corrected chi connectivity index (χ2v) is 9.23. The lowest BCUT2D eigenvalue weighted by molar-refractivity contribution is -0.112. The Balaban J connectivity index is 2.34. The van der Waals surface area contributed by atoms with Gasteiger partial charge in [0, 0.05) is 0 Å². The van der Waals surface area contributed by atoms with Crippen LogP contribution in [0.15, 0.2) is 47.4 Å². The van der Waals surface area contributed by atoms with E-state index >= 15 is 0 Å². The van der Waals surface area contributed by atoms with Crippen LogP contribution in [0.4, 0.5) is 10.3 Å². The van der Waals surface area contributed by atoms with Gasteiger partial charge in [0.15, 0.2) is 21.6 Å². The molecule has 1 heterocycles. The summed E-state index contributed by atoms with van der Waals surface area (Å²) in [6.45, 7) is 4.55. The number of allylic oxidation sites excluding steroid dienone is 1. The number of halogens is 1. The number of nitrogen functional groups attached to an aromatic ring is 1. The molecular formula is C20H20FN3O3S. The van der Waals surface area contributed by atoms with Crippen molar-refractivity contribution in [3.63, 3.8) is 0 Å². The Labute approximate surface area is 162 Å². The molecule has 1 aromatic heterocycles. The van der Waals surface area contributed by atoms with Crippen LogP contribution in [0.2, 0.25) is 0 Å². The lowest BCUT2D eigenvalue weighted by Crippen LogP contribution is -2.15. The third kappa shape index (κ3) is 3.68. The summed E-state index contributed by atoms with van der Waals surface area (Å²) in [5.74, 6) is -0.547. The van der Waals surface area contributed by atoms with Gasteiger partial charge in [0.05, 0.1) is 15.7 Å². The Kier molecular flexibility index (Phi) is 5.08. The fourth-order valence-electron chi connectivity index (χ4n) is 2.90. The van der Waals surface area contributed by atoms with Gasteiger partial charge in [0.25, 0.3) is 0 Å². The van der Waals surface area contributed by atoms with E-state index < -0.39 is 20.9 Å². The molecule has 0 amide bonds. The van der Waals surface area contributed by atoms with Crippen LogP contribution in [-0.2, 0) is 14.6 Å². The molecule has 8 heteroatoms. The van der Waals surface area contributed by atoms with Crippen LogP contribution in [0.1, 0.15) is 31.9 Å². The maximum absolute atomic E-state index is 13.3. The van der Waals surface area contributed by atoms with Gasteiger partial charge in [-0.15, -0.1) is 0 Å². The van der Waals surface area contributed by atoms with Gasteiger partial charge in [0.2, 0.25) is 0 Å². The Morgan fingerprint density at radius 3 is 2.39 bits per heavy atom. The number of nitrogens with one attached hydrogen (secondary N) is 1. The second-order valence-electron chi connectivity index (χ2n) is 6.76. The number of fused-ring (bicyclic) bond motifs is 1. The van der Waals surface area contributed by atoms with Gasteiger partial charge in [-0.2, -0.15) is 0 Å². The van der Waals surface area contributed by atoms with E-state index in [1.54, 1.807) is 19.9 Å². The molecule has 0 atom stereocenters. The highest BCUT2D eigenvalue weighted by molar-refractivity contribution is 7.92. The molecule has 0 fully saturated rings. The van der Waals surface area contributed by atoms with Crippen LogP contribution in [0.25, 0.3) is 16.6 Å². The van der Waals surface area contributed by atoms with Crippen LogP contribution >= 0.6 is 0 Å². The van der Waals surface area contributed by atoms with Gasteiger partial charge in [-0.05, 0) is 67.8 Å². The number of benzene rings is 2. The van der Waals surface area contributed by atoms with E-state index in [9.17, 15) is 17.6 Å². The topological polar surface area (TPSA) is 106 Å². The summed E-state index contributed by atoms with van der Waals surface area (Å²) in [4.78, 5) is 18.8. The molecule has 0 radical (unpaired) electrons. The number of carbonyl (C=O) groups excluding carboxylic acids is 1. The van der Waals surface area contributed by atoms with Gasteiger partial charge in [-0.1, -0.05) is 12.1 Å². The smallest absolute Gasteiger partial charge is 0.198 e. The third-order valence-electron chi connectivity index (χ3n) is 4.31. The van der Waals surface area contributed by atoms with Crippen molar-refractivity contribution in [1.29, 1.82) is 0 Å². The van der Waals surface area contributed by atoms with Gasteiger partial charge in [0.1, 0.15) is 11.3 Å². The minimum Gasteiger partial charge on any atom is -0.369 e. The summed E-state index contributed by atoms with van der Waals surface area (Å²) < 4.78 is 39.1. The lowest BCUT2D eigenvalue weighted by Gasteiger charge is -2.13. The van der Waals surface area contributed by atoms with Crippen LogP contribution in [0, 0.1) is 5.82 Å². The van der Waals surface area contributed by atoms with E-state index in [1.165, 1.54) is 43.3 Å². The largest absolute Gasteiger partial charge is 0.369 e. The molecule has 6 nitrogen and oxygen atoms in total. The Hall–Kier alpha value is -3.00. The number of aromatic amines is 1. The zero-order chi connectivity index (χ0) is 20.6. The third-order valence-corrected chi connectivity index (χ3v) is 6.48. The fourth-order valence-corrected chi connectivity index (χ4v) is 4.12. The summed E-state index contributed by atoms with van der Waals surface area (Å²) in [5.41, 5.74) is 7.96. The first kappa shape index (κ1) is 19.8. The number of hydrogen-bond donors (Lipinski definition) is 2. The summed E-state index contributed by atoms with van der Waals surface area (Å²) >= 11 is 0. The number of H-pyrrole nitrogens is 1. The number of carbonyl (C=O) groups is 1. The quantitative estimate of drug-likeness (QED) is 0.637. The van der Waals surface area contributed by atoms with Gasteiger partial charge >= 0.3 is 0 Å². The molecule has 0 bridgehead atoms. The SMILES string of the molecule is CC(=O)C=C(c1ccc(F)cc1)c1cc(S(=O)(=O)C(C)C)c2nc(N)[nH]c2c1. The normalized spacial score (nSPS) is 12.7. The van der Waals surface area contributed by atoms with E-state index in [0.717, 1.165) is 0 Å². The number of nitrogens with two attached hydrogens (primary N) is 1. The van der Waals surface area contributed by atoms with E-state index in [0.29, 0.717) is 22.2 Å². The average molecular weight is 401 g/mol. The molecule has 2 aromatic carbocycles. The number of anilines is 1. The van der Waals surface area contributed by atoms with Crippen LogP contribution in [0.3, 0.4) is 0 Å². The van der Waals surface area contributed by atoms with Crippen molar-refractivity contribution in [3.05, 3.63) is 59.4 Å². The molecule has 3 aromatic rings.